The van der Waals surface area contributed by atoms with Gasteiger partial charge in [-0.3, -0.25) is 4.79 Å². The van der Waals surface area contributed by atoms with Crippen LogP contribution in [0.2, 0.25) is 0 Å². The van der Waals surface area contributed by atoms with Crippen LogP contribution in [0.5, 0.6) is 17.2 Å². The maximum atomic E-state index is 12.5. The van der Waals surface area contributed by atoms with Gasteiger partial charge in [0.05, 0.1) is 27.8 Å². The van der Waals surface area contributed by atoms with Gasteiger partial charge in [-0.25, -0.2) is 0 Å². The van der Waals surface area contributed by atoms with Gasteiger partial charge in [0.25, 0.3) is 0 Å². The second-order valence-electron chi connectivity index (χ2n) is 6.29. The van der Waals surface area contributed by atoms with E-state index in [9.17, 15) is 4.79 Å². The zero-order chi connectivity index (χ0) is 17.0. The van der Waals surface area contributed by atoms with Gasteiger partial charge in [-0.1, -0.05) is 6.92 Å². The number of methoxy groups -OCH3 is 3. The van der Waals surface area contributed by atoms with Crippen molar-refractivity contribution in [2.45, 2.75) is 19.8 Å². The van der Waals surface area contributed by atoms with Crippen molar-refractivity contribution in [2.75, 3.05) is 41.0 Å². The molecule has 1 fully saturated rings. The number of amides is 1. The van der Waals surface area contributed by atoms with Crippen LogP contribution in [0.3, 0.4) is 0 Å². The van der Waals surface area contributed by atoms with Crippen molar-refractivity contribution in [3.63, 3.8) is 0 Å². The number of benzene rings is 1. The zero-order valence-electron chi connectivity index (χ0n) is 14.8. The van der Waals surface area contributed by atoms with E-state index in [0.717, 1.165) is 18.5 Å². The lowest BCUT2D eigenvalue weighted by Crippen LogP contribution is -2.35. The molecule has 2 rings (SSSR count). The topological polar surface area (TPSA) is 74.0 Å². The minimum Gasteiger partial charge on any atom is -0.493 e. The number of likely N-dealkylation sites (tertiary alicyclic amines) is 1. The molecule has 0 radical (unpaired) electrons. The molecule has 0 aromatic heterocycles. The highest BCUT2D eigenvalue weighted by Crippen LogP contribution is 2.38. The molecule has 2 N–H and O–H groups in total. The molecule has 0 saturated carbocycles. The number of ether oxygens (including phenoxy) is 3. The molecule has 1 heterocycles. The van der Waals surface area contributed by atoms with E-state index >= 15 is 0 Å². The molecule has 1 atom stereocenters. The molecule has 1 aromatic carbocycles. The van der Waals surface area contributed by atoms with Crippen molar-refractivity contribution >= 4 is 18.3 Å². The fraction of sp³-hybridized carbons (Fsp3) is 0.588. The number of carbonyl (C=O) groups excluding carboxylic acids is 1. The summed E-state index contributed by atoms with van der Waals surface area (Å²) in [5, 5.41) is 0. The molecular formula is C17H27ClN2O4. The van der Waals surface area contributed by atoms with Crippen LogP contribution in [0.1, 0.15) is 18.9 Å². The fourth-order valence-electron chi connectivity index (χ4n) is 2.93. The van der Waals surface area contributed by atoms with Crippen LogP contribution < -0.4 is 19.9 Å². The quantitative estimate of drug-likeness (QED) is 0.840. The number of carbonyl (C=O) groups is 1. The first-order valence-electron chi connectivity index (χ1n) is 7.73. The minimum atomic E-state index is 0. The number of hydrogen-bond donors (Lipinski definition) is 1. The number of hydrogen-bond acceptors (Lipinski definition) is 5. The van der Waals surface area contributed by atoms with E-state index in [0.29, 0.717) is 36.8 Å². The molecule has 1 aromatic rings. The van der Waals surface area contributed by atoms with Crippen molar-refractivity contribution in [3.05, 3.63) is 17.7 Å². The number of rotatable bonds is 6. The van der Waals surface area contributed by atoms with E-state index in [4.69, 9.17) is 19.9 Å². The van der Waals surface area contributed by atoms with Gasteiger partial charge in [0, 0.05) is 13.1 Å². The molecular weight excluding hydrogens is 332 g/mol. The molecule has 7 heteroatoms. The Hall–Kier alpha value is -1.66. The molecule has 136 valence electrons. The van der Waals surface area contributed by atoms with Gasteiger partial charge >= 0.3 is 0 Å². The second-order valence-corrected chi connectivity index (χ2v) is 6.29. The standard InChI is InChI=1S/C17H26N2O4.ClH/c1-17(10-18)5-6-19(11-17)15(20)9-12-7-13(21-2)16(23-4)14(8-12)22-3;/h7-8H,5-6,9-11,18H2,1-4H3;1H. The van der Waals surface area contributed by atoms with E-state index in [1.165, 1.54) is 0 Å². The van der Waals surface area contributed by atoms with E-state index in [-0.39, 0.29) is 23.7 Å². The highest BCUT2D eigenvalue weighted by Gasteiger charge is 2.34. The lowest BCUT2D eigenvalue weighted by Gasteiger charge is -2.22. The van der Waals surface area contributed by atoms with Crippen LogP contribution in [0.25, 0.3) is 0 Å². The molecule has 6 nitrogen and oxygen atoms in total. The zero-order valence-corrected chi connectivity index (χ0v) is 15.6. The Labute approximate surface area is 149 Å². The monoisotopic (exact) mass is 358 g/mol. The summed E-state index contributed by atoms with van der Waals surface area (Å²) in [4.78, 5) is 14.4. The van der Waals surface area contributed by atoms with Crippen LogP contribution in [0, 0.1) is 5.41 Å². The van der Waals surface area contributed by atoms with E-state index in [1.54, 1.807) is 21.3 Å². The van der Waals surface area contributed by atoms with Crippen molar-refractivity contribution in [1.82, 2.24) is 4.90 Å². The van der Waals surface area contributed by atoms with Gasteiger partial charge in [0.2, 0.25) is 11.7 Å². The third-order valence-corrected chi connectivity index (χ3v) is 4.48. The predicted molar refractivity (Wildman–Crippen MR) is 95.4 cm³/mol. The summed E-state index contributed by atoms with van der Waals surface area (Å²) in [7, 11) is 4.69. The highest BCUT2D eigenvalue weighted by molar-refractivity contribution is 5.85. The average molecular weight is 359 g/mol. The molecule has 1 amide bonds. The van der Waals surface area contributed by atoms with Crippen LogP contribution in [0.4, 0.5) is 0 Å². The summed E-state index contributed by atoms with van der Waals surface area (Å²) in [6, 6.07) is 3.63. The van der Waals surface area contributed by atoms with Crippen molar-refractivity contribution in [3.8, 4) is 17.2 Å². The smallest absolute Gasteiger partial charge is 0.227 e. The van der Waals surface area contributed by atoms with Gasteiger partial charge in [0.15, 0.2) is 11.5 Å². The summed E-state index contributed by atoms with van der Waals surface area (Å²) < 4.78 is 16.0. The molecule has 0 bridgehead atoms. The molecule has 0 spiro atoms. The lowest BCUT2D eigenvalue weighted by molar-refractivity contribution is -0.129. The van der Waals surface area contributed by atoms with Gasteiger partial charge in [-0.15, -0.1) is 12.4 Å². The largest absolute Gasteiger partial charge is 0.493 e. The normalized spacial score (nSPS) is 19.6. The van der Waals surface area contributed by atoms with Crippen molar-refractivity contribution in [2.24, 2.45) is 11.1 Å². The summed E-state index contributed by atoms with van der Waals surface area (Å²) in [6.45, 7) is 4.20. The Morgan fingerprint density at radius 3 is 2.21 bits per heavy atom. The SMILES string of the molecule is COc1cc(CC(=O)N2CCC(C)(CN)C2)cc(OC)c1OC.Cl. The molecule has 1 saturated heterocycles. The number of nitrogens with two attached hydrogens (primary N) is 1. The third-order valence-electron chi connectivity index (χ3n) is 4.48. The average Bonchev–Trinajstić information content (AvgIpc) is 2.97. The highest BCUT2D eigenvalue weighted by atomic mass is 35.5. The van der Waals surface area contributed by atoms with Crippen LogP contribution in [-0.2, 0) is 11.2 Å². The molecule has 0 aliphatic carbocycles. The van der Waals surface area contributed by atoms with E-state index in [2.05, 4.69) is 6.92 Å². The predicted octanol–water partition coefficient (Wildman–Crippen LogP) is 1.87. The fourth-order valence-corrected chi connectivity index (χ4v) is 2.93. The van der Waals surface area contributed by atoms with Crippen LogP contribution >= 0.6 is 12.4 Å². The Bertz CT molecular complexity index is 557. The summed E-state index contributed by atoms with van der Waals surface area (Å²) in [5.74, 6) is 1.74. The van der Waals surface area contributed by atoms with Crippen LogP contribution in [-0.4, -0.2) is 51.8 Å². The first-order valence-corrected chi connectivity index (χ1v) is 7.73. The molecule has 1 unspecified atom stereocenters. The second kappa shape index (κ2) is 8.44. The Balaban J connectivity index is 0.00000288. The Kier molecular flexibility index (Phi) is 7.17. The maximum absolute atomic E-state index is 12.5. The summed E-state index contributed by atoms with van der Waals surface area (Å²) >= 11 is 0. The molecule has 24 heavy (non-hydrogen) atoms. The first kappa shape index (κ1) is 20.4. The van der Waals surface area contributed by atoms with Crippen LogP contribution in [0.15, 0.2) is 12.1 Å². The third kappa shape index (κ3) is 4.24. The van der Waals surface area contributed by atoms with Gasteiger partial charge in [0.1, 0.15) is 0 Å². The van der Waals surface area contributed by atoms with Gasteiger partial charge in [-0.05, 0) is 36.1 Å². The Morgan fingerprint density at radius 2 is 1.79 bits per heavy atom. The Morgan fingerprint density at radius 1 is 1.21 bits per heavy atom. The van der Waals surface area contributed by atoms with E-state index < -0.39 is 0 Å². The van der Waals surface area contributed by atoms with Gasteiger partial charge in [-0.2, -0.15) is 0 Å². The van der Waals surface area contributed by atoms with Crippen molar-refractivity contribution in [1.29, 1.82) is 0 Å². The first-order chi connectivity index (χ1) is 11.0. The lowest BCUT2D eigenvalue weighted by atomic mass is 9.90. The molecule has 1 aliphatic heterocycles. The summed E-state index contributed by atoms with van der Waals surface area (Å²) in [6.07, 6.45) is 1.25. The van der Waals surface area contributed by atoms with E-state index in [1.807, 2.05) is 17.0 Å². The van der Waals surface area contributed by atoms with Gasteiger partial charge < -0.3 is 24.8 Å². The minimum absolute atomic E-state index is 0. The molecule has 1 aliphatic rings. The van der Waals surface area contributed by atoms with Crippen molar-refractivity contribution < 1.29 is 19.0 Å². The maximum Gasteiger partial charge on any atom is 0.227 e. The summed E-state index contributed by atoms with van der Waals surface area (Å²) in [5.41, 5.74) is 6.68. The number of halogens is 1. The number of nitrogens with zero attached hydrogens (tertiary/aromatic N) is 1.